The summed E-state index contributed by atoms with van der Waals surface area (Å²) in [5.41, 5.74) is -0.218. The number of nitrogens with zero attached hydrogens (tertiary/aromatic N) is 1. The molecular formula is C24H35NO17. The number of non-ortho nitro benzene ring substituents is 1. The highest BCUT2D eigenvalue weighted by Crippen LogP contribution is 2.33. The predicted molar refractivity (Wildman–Crippen MR) is 131 cm³/mol. The summed E-state index contributed by atoms with van der Waals surface area (Å²) in [6.45, 7) is -0.186. The number of nitro groups is 1. The van der Waals surface area contributed by atoms with Gasteiger partial charge in [0.15, 0.2) is 12.6 Å². The Morgan fingerprint density at radius 3 is 1.64 bits per heavy atom. The second-order valence-corrected chi connectivity index (χ2v) is 10.2. The molecule has 0 bridgehead atoms. The minimum absolute atomic E-state index is 0.0439. The van der Waals surface area contributed by atoms with Gasteiger partial charge in [-0.1, -0.05) is 0 Å². The molecule has 0 unspecified atom stereocenters. The summed E-state index contributed by atoms with van der Waals surface area (Å²) in [6, 6.07) is 4.76. The second-order valence-electron chi connectivity index (χ2n) is 10.2. The van der Waals surface area contributed by atoms with Crippen molar-refractivity contribution in [2.75, 3.05) is 13.2 Å². The molecule has 42 heavy (non-hydrogen) atoms. The average molecular weight is 610 g/mol. The lowest BCUT2D eigenvalue weighted by Gasteiger charge is -2.48. The lowest BCUT2D eigenvalue weighted by molar-refractivity contribution is -0.384. The Bertz CT molecular complexity index is 1030. The summed E-state index contributed by atoms with van der Waals surface area (Å²) in [7, 11) is 0. The number of aliphatic hydroxyl groups is 9. The van der Waals surface area contributed by atoms with Crippen LogP contribution in [0.25, 0.3) is 0 Å². The zero-order chi connectivity index (χ0) is 30.9. The number of benzene rings is 1. The summed E-state index contributed by atoms with van der Waals surface area (Å²) in [4.78, 5) is 10.2. The van der Waals surface area contributed by atoms with Crippen LogP contribution in [0.2, 0.25) is 0 Å². The van der Waals surface area contributed by atoms with Crippen LogP contribution in [0.5, 0.6) is 5.75 Å². The Morgan fingerprint density at radius 1 is 0.690 bits per heavy atom. The number of hydrogen-bond acceptors (Lipinski definition) is 17. The van der Waals surface area contributed by atoms with E-state index in [2.05, 4.69) is 0 Å². The standard InChI is InChI=1S/C24H35NO17/c1-8-13(28)14(29)17(32)22(37-8)41-20-12(7-27)40-24(19(34)16(20)31)42-21-11(6-26)39-23(18(33)15(21)30)38-10-4-2-9(3-5-10)25(35)36/h2-5,8,11-24,26-34H,6-7H2,1H3/t8-,11-,12-,13+,14+,15-,16-,17-,18-,19-,20-,21-,22+,23-,24+/m1/s1. The summed E-state index contributed by atoms with van der Waals surface area (Å²) in [6.07, 6.45) is -24.0. The molecule has 3 saturated heterocycles. The van der Waals surface area contributed by atoms with E-state index in [0.29, 0.717) is 0 Å². The van der Waals surface area contributed by atoms with Crippen molar-refractivity contribution in [1.29, 1.82) is 0 Å². The SMILES string of the molecule is C[C@H]1O[C@@H](O[C@H]2[C@H](O)[C@@H](O)[C@H](O[C@H]3[C@H](O)[C@@H](O)[C@H](Oc4ccc([N+](=O)[O-])cc4)O[C@@H]3CO)O[C@@H]2CO)[C@H](O)[C@@H](O)[C@H]1O. The van der Waals surface area contributed by atoms with Crippen LogP contribution in [-0.2, 0) is 23.7 Å². The van der Waals surface area contributed by atoms with E-state index in [1.807, 2.05) is 0 Å². The zero-order valence-corrected chi connectivity index (χ0v) is 22.1. The number of aliphatic hydroxyl groups excluding tert-OH is 9. The van der Waals surface area contributed by atoms with Crippen LogP contribution in [0.4, 0.5) is 5.69 Å². The molecule has 0 aliphatic carbocycles. The lowest BCUT2D eigenvalue weighted by Crippen LogP contribution is -2.66. The van der Waals surface area contributed by atoms with E-state index in [4.69, 9.17) is 28.4 Å². The lowest BCUT2D eigenvalue weighted by atomic mass is 9.96. The van der Waals surface area contributed by atoms with Crippen molar-refractivity contribution in [2.45, 2.75) is 99.0 Å². The van der Waals surface area contributed by atoms with Gasteiger partial charge in [0, 0.05) is 12.1 Å². The Labute approximate surface area is 237 Å². The van der Waals surface area contributed by atoms with E-state index in [1.54, 1.807) is 0 Å². The first-order valence-corrected chi connectivity index (χ1v) is 13.0. The Kier molecular flexibility index (Phi) is 10.7. The highest BCUT2D eigenvalue weighted by molar-refractivity contribution is 5.36. The van der Waals surface area contributed by atoms with Crippen molar-refractivity contribution >= 4 is 5.69 Å². The molecule has 3 fully saturated rings. The van der Waals surface area contributed by atoms with Gasteiger partial charge in [-0.25, -0.2) is 0 Å². The predicted octanol–water partition coefficient (Wildman–Crippen LogP) is -4.55. The summed E-state index contributed by atoms with van der Waals surface area (Å²) < 4.78 is 33.0. The van der Waals surface area contributed by atoms with E-state index in [1.165, 1.54) is 19.1 Å². The van der Waals surface area contributed by atoms with E-state index >= 15 is 0 Å². The Balaban J connectivity index is 1.42. The monoisotopic (exact) mass is 609 g/mol. The molecule has 1 aromatic rings. The van der Waals surface area contributed by atoms with Crippen LogP contribution in [0.15, 0.2) is 24.3 Å². The second kappa shape index (κ2) is 13.7. The maximum absolute atomic E-state index is 10.8. The smallest absolute Gasteiger partial charge is 0.269 e. The molecule has 3 aliphatic rings. The van der Waals surface area contributed by atoms with Gasteiger partial charge in [-0.2, -0.15) is 0 Å². The van der Waals surface area contributed by atoms with Gasteiger partial charge in [0.05, 0.1) is 24.2 Å². The summed E-state index contributed by atoms with van der Waals surface area (Å²) in [5.74, 6) is 0.0439. The highest BCUT2D eigenvalue weighted by Gasteiger charge is 2.53. The van der Waals surface area contributed by atoms with Crippen molar-refractivity contribution in [2.24, 2.45) is 0 Å². The third-order valence-electron chi connectivity index (χ3n) is 7.33. The molecular weight excluding hydrogens is 574 g/mol. The van der Waals surface area contributed by atoms with Crippen LogP contribution in [0.3, 0.4) is 0 Å². The van der Waals surface area contributed by atoms with Gasteiger partial charge < -0.3 is 74.4 Å². The van der Waals surface area contributed by atoms with Crippen LogP contribution >= 0.6 is 0 Å². The van der Waals surface area contributed by atoms with Crippen LogP contribution in [-0.4, -0.2) is 156 Å². The van der Waals surface area contributed by atoms with Gasteiger partial charge in [-0.15, -0.1) is 0 Å². The number of rotatable bonds is 9. The fourth-order valence-electron chi connectivity index (χ4n) is 4.87. The molecule has 18 nitrogen and oxygen atoms in total. The molecule has 1 aromatic carbocycles. The molecule has 0 saturated carbocycles. The molecule has 3 aliphatic heterocycles. The Morgan fingerprint density at radius 2 is 1.14 bits per heavy atom. The number of hydrogen-bond donors (Lipinski definition) is 9. The van der Waals surface area contributed by atoms with Crippen molar-refractivity contribution < 1.29 is 79.3 Å². The van der Waals surface area contributed by atoms with Gasteiger partial charge >= 0.3 is 0 Å². The maximum Gasteiger partial charge on any atom is 0.269 e. The molecule has 15 atom stereocenters. The number of nitro benzene ring substituents is 1. The van der Waals surface area contributed by atoms with E-state index in [9.17, 15) is 56.1 Å². The largest absolute Gasteiger partial charge is 0.462 e. The summed E-state index contributed by atoms with van der Waals surface area (Å²) in [5, 5.41) is 104. The molecule has 0 spiro atoms. The van der Waals surface area contributed by atoms with Crippen LogP contribution in [0.1, 0.15) is 6.92 Å². The summed E-state index contributed by atoms with van der Waals surface area (Å²) >= 11 is 0. The minimum atomic E-state index is -1.91. The minimum Gasteiger partial charge on any atom is -0.462 e. The molecule has 18 heteroatoms. The maximum atomic E-state index is 10.8. The Hall–Kier alpha value is -2.14. The first kappa shape index (κ1) is 32.8. The molecule has 9 N–H and O–H groups in total. The first-order valence-electron chi connectivity index (χ1n) is 13.0. The quantitative estimate of drug-likeness (QED) is 0.0941. The third kappa shape index (κ3) is 6.66. The van der Waals surface area contributed by atoms with Gasteiger partial charge in [0.1, 0.15) is 72.9 Å². The van der Waals surface area contributed by atoms with Crippen molar-refractivity contribution in [1.82, 2.24) is 0 Å². The molecule has 0 radical (unpaired) electrons. The zero-order valence-electron chi connectivity index (χ0n) is 22.1. The molecule has 3 heterocycles. The van der Waals surface area contributed by atoms with E-state index in [-0.39, 0.29) is 11.4 Å². The van der Waals surface area contributed by atoms with Gasteiger partial charge in [-0.3, -0.25) is 10.1 Å². The average Bonchev–Trinajstić information content (AvgIpc) is 2.97. The van der Waals surface area contributed by atoms with Crippen LogP contribution in [0, 0.1) is 10.1 Å². The van der Waals surface area contributed by atoms with Gasteiger partial charge in [-0.05, 0) is 19.1 Å². The van der Waals surface area contributed by atoms with Gasteiger partial charge in [0.25, 0.3) is 5.69 Å². The molecule has 4 rings (SSSR count). The number of ether oxygens (including phenoxy) is 6. The van der Waals surface area contributed by atoms with E-state index < -0.39 is 110 Å². The first-order chi connectivity index (χ1) is 19.9. The third-order valence-corrected chi connectivity index (χ3v) is 7.33. The highest BCUT2D eigenvalue weighted by atomic mass is 16.8. The fraction of sp³-hybridized carbons (Fsp3) is 0.750. The normalized spacial score (nSPS) is 44.5. The van der Waals surface area contributed by atoms with Crippen molar-refractivity contribution in [3.05, 3.63) is 34.4 Å². The van der Waals surface area contributed by atoms with Crippen LogP contribution < -0.4 is 4.74 Å². The van der Waals surface area contributed by atoms with E-state index in [0.717, 1.165) is 12.1 Å². The molecule has 0 amide bonds. The van der Waals surface area contributed by atoms with Crippen molar-refractivity contribution in [3.8, 4) is 5.75 Å². The topological polar surface area (TPSA) is 281 Å². The molecule has 0 aromatic heterocycles. The molecule has 238 valence electrons. The fourth-order valence-corrected chi connectivity index (χ4v) is 4.87. The van der Waals surface area contributed by atoms with Gasteiger partial charge in [0.2, 0.25) is 6.29 Å². The van der Waals surface area contributed by atoms with Crippen molar-refractivity contribution in [3.63, 3.8) is 0 Å².